The van der Waals surface area contributed by atoms with Gasteiger partial charge in [-0.15, -0.1) is 4.99 Å². The van der Waals surface area contributed by atoms with Gasteiger partial charge in [0.05, 0.1) is 0 Å². The number of aliphatic imine (C=N–C) groups is 1. The van der Waals surface area contributed by atoms with Crippen LogP contribution in [0.5, 0.6) is 0 Å². The van der Waals surface area contributed by atoms with Crippen LogP contribution in [-0.4, -0.2) is 60.6 Å². The van der Waals surface area contributed by atoms with Crippen molar-refractivity contribution in [3.05, 3.63) is 47.4 Å². The lowest BCUT2D eigenvalue weighted by Crippen LogP contribution is -2.40. The highest BCUT2D eigenvalue weighted by atomic mass is 16.5. The molecule has 0 aromatic heterocycles. The summed E-state index contributed by atoms with van der Waals surface area (Å²) in [5.74, 6) is 0.223. The SMILES string of the molecule is Cc1ccccc1CN1CCN2C(C(=O)NCC3CCOCC3)=COC2=NC1=O. The number of ether oxygens (including phenoxy) is 2. The largest absolute Gasteiger partial charge is 0.431 e. The number of nitrogens with zero attached hydrogens (tertiary/aromatic N) is 3. The van der Waals surface area contributed by atoms with Crippen molar-refractivity contribution in [1.82, 2.24) is 15.1 Å². The topological polar surface area (TPSA) is 83.5 Å². The molecule has 3 aliphatic rings. The van der Waals surface area contributed by atoms with E-state index in [0.29, 0.717) is 37.8 Å². The molecule has 154 valence electrons. The zero-order valence-corrected chi connectivity index (χ0v) is 16.6. The molecular formula is C21H26N4O4. The Balaban J connectivity index is 1.38. The lowest BCUT2D eigenvalue weighted by Gasteiger charge is -2.24. The maximum atomic E-state index is 12.7. The van der Waals surface area contributed by atoms with Gasteiger partial charge in [-0.25, -0.2) is 4.79 Å². The van der Waals surface area contributed by atoms with Crippen molar-refractivity contribution in [3.63, 3.8) is 0 Å². The van der Waals surface area contributed by atoms with Gasteiger partial charge < -0.3 is 19.7 Å². The molecule has 8 nitrogen and oxygen atoms in total. The molecule has 0 unspecified atom stereocenters. The van der Waals surface area contributed by atoms with E-state index >= 15 is 0 Å². The maximum Gasteiger partial charge on any atom is 0.348 e. The zero-order valence-electron chi connectivity index (χ0n) is 16.6. The third kappa shape index (κ3) is 4.42. The Bertz CT molecular complexity index is 845. The van der Waals surface area contributed by atoms with Gasteiger partial charge in [0.15, 0.2) is 0 Å². The number of hydrogen-bond donors (Lipinski definition) is 1. The summed E-state index contributed by atoms with van der Waals surface area (Å²) in [6.07, 6.45) is 3.28. The van der Waals surface area contributed by atoms with Crippen molar-refractivity contribution in [2.24, 2.45) is 10.9 Å². The molecule has 29 heavy (non-hydrogen) atoms. The Labute approximate surface area is 170 Å². The van der Waals surface area contributed by atoms with E-state index < -0.39 is 0 Å². The molecule has 0 radical (unpaired) electrons. The van der Waals surface area contributed by atoms with E-state index in [4.69, 9.17) is 9.47 Å². The third-order valence-electron chi connectivity index (χ3n) is 5.60. The zero-order chi connectivity index (χ0) is 20.2. The number of hydrogen-bond acceptors (Lipinski definition) is 5. The predicted octanol–water partition coefficient (Wildman–Crippen LogP) is 2.00. The van der Waals surface area contributed by atoms with E-state index in [0.717, 1.165) is 37.2 Å². The molecule has 0 bridgehead atoms. The van der Waals surface area contributed by atoms with Gasteiger partial charge in [0.25, 0.3) is 5.91 Å². The summed E-state index contributed by atoms with van der Waals surface area (Å²) >= 11 is 0. The number of fused-ring (bicyclic) bond motifs is 1. The van der Waals surface area contributed by atoms with Gasteiger partial charge in [-0.3, -0.25) is 9.69 Å². The van der Waals surface area contributed by atoms with E-state index in [1.807, 2.05) is 31.2 Å². The van der Waals surface area contributed by atoms with Gasteiger partial charge in [0.2, 0.25) is 0 Å². The van der Waals surface area contributed by atoms with E-state index in [2.05, 4.69) is 10.3 Å². The van der Waals surface area contributed by atoms with Gasteiger partial charge in [0.1, 0.15) is 12.0 Å². The van der Waals surface area contributed by atoms with Crippen LogP contribution in [0.2, 0.25) is 0 Å². The molecule has 0 saturated carbocycles. The van der Waals surface area contributed by atoms with Crippen molar-refractivity contribution < 1.29 is 19.1 Å². The minimum atomic E-state index is -0.358. The molecule has 3 heterocycles. The first-order valence-electron chi connectivity index (χ1n) is 10.0. The smallest absolute Gasteiger partial charge is 0.348 e. The highest BCUT2D eigenvalue weighted by molar-refractivity contribution is 6.01. The summed E-state index contributed by atoms with van der Waals surface area (Å²) in [7, 11) is 0. The van der Waals surface area contributed by atoms with Gasteiger partial charge in [-0.05, 0) is 36.8 Å². The van der Waals surface area contributed by atoms with Crippen LogP contribution in [0.4, 0.5) is 4.79 Å². The van der Waals surface area contributed by atoms with E-state index in [9.17, 15) is 9.59 Å². The van der Waals surface area contributed by atoms with E-state index in [1.165, 1.54) is 6.26 Å². The molecule has 1 aromatic carbocycles. The predicted molar refractivity (Wildman–Crippen MR) is 107 cm³/mol. The third-order valence-corrected chi connectivity index (χ3v) is 5.60. The summed E-state index contributed by atoms with van der Waals surface area (Å²) in [5, 5.41) is 2.98. The Morgan fingerprint density at radius 2 is 2.03 bits per heavy atom. The number of amidine groups is 1. The standard InChI is InChI=1S/C21H26N4O4/c1-15-4-2-3-5-17(15)13-24-8-9-25-18(14-29-21(25)23-20(24)27)19(26)22-12-16-6-10-28-11-7-16/h2-5,14,16H,6-13H2,1H3,(H,22,26). The van der Waals surface area contributed by atoms with Crippen LogP contribution in [-0.2, 0) is 20.8 Å². The molecule has 0 atom stereocenters. The highest BCUT2D eigenvalue weighted by Gasteiger charge is 2.34. The minimum absolute atomic E-state index is 0.165. The van der Waals surface area contributed by atoms with Gasteiger partial charge >= 0.3 is 12.1 Å². The number of carbonyl (C=O) groups excluding carboxylic acids is 2. The normalized spacial score (nSPS) is 19.8. The number of carbonyl (C=O) groups is 2. The molecular weight excluding hydrogens is 372 g/mol. The average Bonchev–Trinajstić information content (AvgIpc) is 3.06. The summed E-state index contributed by atoms with van der Waals surface area (Å²) < 4.78 is 10.8. The van der Waals surface area contributed by atoms with Crippen molar-refractivity contribution in [2.75, 3.05) is 32.8 Å². The molecule has 4 rings (SSSR count). The van der Waals surface area contributed by atoms with Crippen LogP contribution in [0.3, 0.4) is 0 Å². The second kappa shape index (κ2) is 8.65. The fraction of sp³-hybridized carbons (Fsp3) is 0.476. The Kier molecular flexibility index (Phi) is 5.80. The van der Waals surface area contributed by atoms with Crippen LogP contribution in [0.15, 0.2) is 41.2 Å². The fourth-order valence-electron chi connectivity index (χ4n) is 3.70. The fourth-order valence-corrected chi connectivity index (χ4v) is 3.70. The number of nitrogens with one attached hydrogen (secondary N) is 1. The molecule has 3 aliphatic heterocycles. The first-order chi connectivity index (χ1) is 14.1. The van der Waals surface area contributed by atoms with Gasteiger partial charge in [-0.1, -0.05) is 24.3 Å². The molecule has 0 spiro atoms. The summed E-state index contributed by atoms with van der Waals surface area (Å²) in [5.41, 5.74) is 2.59. The van der Waals surface area contributed by atoms with Crippen LogP contribution in [0.25, 0.3) is 0 Å². The van der Waals surface area contributed by atoms with Crippen molar-refractivity contribution in [2.45, 2.75) is 26.3 Å². The van der Waals surface area contributed by atoms with Crippen molar-refractivity contribution in [3.8, 4) is 0 Å². The summed E-state index contributed by atoms with van der Waals surface area (Å²) in [4.78, 5) is 32.7. The number of benzene rings is 1. The van der Waals surface area contributed by atoms with Crippen LogP contribution in [0, 0.1) is 12.8 Å². The number of urea groups is 1. The summed E-state index contributed by atoms with van der Waals surface area (Å²) in [6.45, 7) is 5.50. The Morgan fingerprint density at radius 3 is 2.83 bits per heavy atom. The second-order valence-corrected chi connectivity index (χ2v) is 7.56. The second-order valence-electron chi connectivity index (χ2n) is 7.56. The van der Waals surface area contributed by atoms with Crippen LogP contribution >= 0.6 is 0 Å². The molecule has 1 N–H and O–H groups in total. The van der Waals surface area contributed by atoms with Crippen LogP contribution in [0.1, 0.15) is 24.0 Å². The lowest BCUT2D eigenvalue weighted by atomic mass is 10.0. The monoisotopic (exact) mass is 398 g/mol. The minimum Gasteiger partial charge on any atom is -0.431 e. The number of rotatable bonds is 5. The average molecular weight is 398 g/mol. The first kappa shape index (κ1) is 19.4. The Morgan fingerprint density at radius 1 is 1.24 bits per heavy atom. The first-order valence-corrected chi connectivity index (χ1v) is 10.0. The molecule has 1 aromatic rings. The maximum absolute atomic E-state index is 12.7. The van der Waals surface area contributed by atoms with Crippen molar-refractivity contribution in [1.29, 1.82) is 0 Å². The lowest BCUT2D eigenvalue weighted by molar-refractivity contribution is -0.118. The molecule has 3 amide bonds. The van der Waals surface area contributed by atoms with Crippen molar-refractivity contribution >= 4 is 18.0 Å². The number of aryl methyl sites for hydroxylation is 1. The van der Waals surface area contributed by atoms with Crippen LogP contribution < -0.4 is 5.32 Å². The molecule has 1 saturated heterocycles. The molecule has 0 aliphatic carbocycles. The Hall–Kier alpha value is -2.87. The number of amides is 3. The highest BCUT2D eigenvalue weighted by Crippen LogP contribution is 2.21. The quantitative estimate of drug-likeness (QED) is 0.820. The van der Waals surface area contributed by atoms with E-state index in [-0.39, 0.29) is 18.0 Å². The van der Waals surface area contributed by atoms with Gasteiger partial charge in [0, 0.05) is 39.4 Å². The van der Waals surface area contributed by atoms with Gasteiger partial charge in [-0.2, -0.15) is 0 Å². The summed E-state index contributed by atoms with van der Waals surface area (Å²) in [6, 6.07) is 7.77. The molecule has 1 fully saturated rings. The molecule has 8 heteroatoms. The van der Waals surface area contributed by atoms with E-state index in [1.54, 1.807) is 9.80 Å².